The highest BCUT2D eigenvalue weighted by molar-refractivity contribution is 5.87. The Morgan fingerprint density at radius 2 is 2.08 bits per heavy atom. The molecule has 3 nitrogen and oxygen atoms in total. The van der Waals surface area contributed by atoms with Crippen LogP contribution in [0.4, 0.5) is 5.69 Å². The van der Waals surface area contributed by atoms with E-state index in [1.807, 2.05) is 32.0 Å². The van der Waals surface area contributed by atoms with Crippen molar-refractivity contribution in [1.29, 1.82) is 0 Å². The van der Waals surface area contributed by atoms with E-state index < -0.39 is 0 Å². The molecule has 1 aromatic carbocycles. The summed E-state index contributed by atoms with van der Waals surface area (Å²) >= 11 is 0. The van der Waals surface area contributed by atoms with Crippen molar-refractivity contribution in [3.8, 4) is 0 Å². The molecule has 0 aliphatic carbocycles. The maximum absolute atomic E-state index is 8.77. The molecule has 0 aromatic heterocycles. The Morgan fingerprint density at radius 1 is 1.38 bits per heavy atom. The summed E-state index contributed by atoms with van der Waals surface area (Å²) in [5.41, 5.74) is 3.69. The van der Waals surface area contributed by atoms with Crippen LogP contribution in [-0.2, 0) is 0 Å². The van der Waals surface area contributed by atoms with Crippen LogP contribution in [0.3, 0.4) is 0 Å². The first-order chi connectivity index (χ1) is 6.24. The van der Waals surface area contributed by atoms with Gasteiger partial charge in [0.25, 0.3) is 0 Å². The van der Waals surface area contributed by atoms with Crippen molar-refractivity contribution in [2.75, 3.05) is 5.48 Å². The van der Waals surface area contributed by atoms with Gasteiger partial charge in [-0.1, -0.05) is 18.2 Å². The lowest BCUT2D eigenvalue weighted by molar-refractivity contribution is 0.389. The Morgan fingerprint density at radius 3 is 2.69 bits per heavy atom. The van der Waals surface area contributed by atoms with Gasteiger partial charge in [-0.25, -0.2) is 0 Å². The molecular formula is C10H14N2O. The summed E-state index contributed by atoms with van der Waals surface area (Å²) < 4.78 is 0. The van der Waals surface area contributed by atoms with Gasteiger partial charge in [0, 0.05) is 17.8 Å². The van der Waals surface area contributed by atoms with Crippen molar-refractivity contribution in [3.63, 3.8) is 0 Å². The molecule has 0 amide bonds. The molecule has 1 aromatic rings. The Balaban J connectivity index is 2.87. The Labute approximate surface area is 78.1 Å². The third-order valence-electron chi connectivity index (χ3n) is 1.59. The first-order valence-electron chi connectivity index (χ1n) is 4.26. The third kappa shape index (κ3) is 2.87. The minimum absolute atomic E-state index is 0.270. The standard InChI is InChI=1S/C10H14N2O/c1-8(2)11-7-9-5-3-4-6-10(9)12-13/h3-8,12-13H,1-2H3. The summed E-state index contributed by atoms with van der Waals surface area (Å²) in [6, 6.07) is 7.71. The number of nitrogens with zero attached hydrogens (tertiary/aromatic N) is 1. The number of hydrogen-bond donors (Lipinski definition) is 2. The number of para-hydroxylation sites is 1. The molecule has 0 spiro atoms. The summed E-state index contributed by atoms with van der Waals surface area (Å²) in [4.78, 5) is 4.23. The smallest absolute Gasteiger partial charge is 0.0689 e. The zero-order chi connectivity index (χ0) is 9.68. The summed E-state index contributed by atoms with van der Waals surface area (Å²) in [5.74, 6) is 0. The van der Waals surface area contributed by atoms with Crippen molar-refractivity contribution in [3.05, 3.63) is 29.8 Å². The SMILES string of the molecule is CC(C)N=Cc1ccccc1NO. The largest absolute Gasteiger partial charge is 0.291 e. The molecule has 3 heteroatoms. The van der Waals surface area contributed by atoms with E-state index in [2.05, 4.69) is 10.5 Å². The van der Waals surface area contributed by atoms with Crippen LogP contribution >= 0.6 is 0 Å². The van der Waals surface area contributed by atoms with E-state index in [1.54, 1.807) is 12.3 Å². The predicted octanol–water partition coefficient (Wildman–Crippen LogP) is 2.31. The van der Waals surface area contributed by atoms with Crippen molar-refractivity contribution in [2.24, 2.45) is 4.99 Å². The van der Waals surface area contributed by atoms with Gasteiger partial charge < -0.3 is 0 Å². The molecule has 1 rings (SSSR count). The zero-order valence-electron chi connectivity index (χ0n) is 7.86. The van der Waals surface area contributed by atoms with Crippen molar-refractivity contribution in [2.45, 2.75) is 19.9 Å². The minimum atomic E-state index is 0.270. The van der Waals surface area contributed by atoms with Crippen LogP contribution in [0.25, 0.3) is 0 Å². The molecule has 0 fully saturated rings. The molecular weight excluding hydrogens is 164 g/mol. The summed E-state index contributed by atoms with van der Waals surface area (Å²) in [6.07, 6.45) is 1.75. The first kappa shape index (κ1) is 9.74. The zero-order valence-corrected chi connectivity index (χ0v) is 7.86. The van der Waals surface area contributed by atoms with Gasteiger partial charge in [-0.3, -0.25) is 15.7 Å². The number of anilines is 1. The van der Waals surface area contributed by atoms with Gasteiger partial charge >= 0.3 is 0 Å². The summed E-state index contributed by atoms with van der Waals surface area (Å²) in [5, 5.41) is 8.77. The highest BCUT2D eigenvalue weighted by Gasteiger charge is 1.96. The maximum atomic E-state index is 8.77. The highest BCUT2D eigenvalue weighted by Crippen LogP contribution is 2.11. The molecule has 0 aliphatic heterocycles. The van der Waals surface area contributed by atoms with Gasteiger partial charge in [-0.2, -0.15) is 0 Å². The van der Waals surface area contributed by atoms with E-state index in [0.717, 1.165) is 5.56 Å². The van der Waals surface area contributed by atoms with Crippen LogP contribution in [0.2, 0.25) is 0 Å². The van der Waals surface area contributed by atoms with Gasteiger partial charge in [-0.15, -0.1) is 0 Å². The number of hydrogen-bond acceptors (Lipinski definition) is 3. The summed E-state index contributed by atoms with van der Waals surface area (Å²) in [7, 11) is 0. The summed E-state index contributed by atoms with van der Waals surface area (Å²) in [6.45, 7) is 4.01. The fourth-order valence-corrected chi connectivity index (χ4v) is 0.941. The predicted molar refractivity (Wildman–Crippen MR) is 54.6 cm³/mol. The van der Waals surface area contributed by atoms with Gasteiger partial charge in [0.2, 0.25) is 0 Å². The highest BCUT2D eigenvalue weighted by atomic mass is 16.5. The molecule has 0 unspecified atom stereocenters. The topological polar surface area (TPSA) is 44.6 Å². The molecule has 0 bridgehead atoms. The minimum Gasteiger partial charge on any atom is -0.291 e. The van der Waals surface area contributed by atoms with Gasteiger partial charge in [0.15, 0.2) is 0 Å². The second-order valence-electron chi connectivity index (χ2n) is 3.07. The second-order valence-corrected chi connectivity index (χ2v) is 3.07. The van der Waals surface area contributed by atoms with E-state index in [0.29, 0.717) is 5.69 Å². The lowest BCUT2D eigenvalue weighted by atomic mass is 10.2. The van der Waals surface area contributed by atoms with E-state index >= 15 is 0 Å². The van der Waals surface area contributed by atoms with E-state index in [-0.39, 0.29) is 6.04 Å². The normalized spacial score (nSPS) is 11.1. The first-order valence-corrected chi connectivity index (χ1v) is 4.26. The molecule has 0 atom stereocenters. The molecule has 0 saturated carbocycles. The van der Waals surface area contributed by atoms with Crippen LogP contribution in [0.5, 0.6) is 0 Å². The Bertz CT molecular complexity index is 295. The lowest BCUT2D eigenvalue weighted by Crippen LogP contribution is -1.96. The third-order valence-corrected chi connectivity index (χ3v) is 1.59. The van der Waals surface area contributed by atoms with Crippen molar-refractivity contribution in [1.82, 2.24) is 0 Å². The molecule has 0 aliphatic rings. The fraction of sp³-hybridized carbons (Fsp3) is 0.300. The van der Waals surface area contributed by atoms with Gasteiger partial charge in [0.05, 0.1) is 5.69 Å². The average molecular weight is 178 g/mol. The second kappa shape index (κ2) is 4.62. The van der Waals surface area contributed by atoms with Crippen LogP contribution in [0.1, 0.15) is 19.4 Å². The van der Waals surface area contributed by atoms with Crippen molar-refractivity contribution >= 4 is 11.9 Å². The van der Waals surface area contributed by atoms with Crippen molar-refractivity contribution < 1.29 is 5.21 Å². The number of nitrogens with one attached hydrogen (secondary N) is 1. The maximum Gasteiger partial charge on any atom is 0.0689 e. The fourth-order valence-electron chi connectivity index (χ4n) is 0.941. The van der Waals surface area contributed by atoms with E-state index in [9.17, 15) is 0 Å². The van der Waals surface area contributed by atoms with Crippen LogP contribution < -0.4 is 5.48 Å². The van der Waals surface area contributed by atoms with Crippen LogP contribution in [0, 0.1) is 0 Å². The monoisotopic (exact) mass is 178 g/mol. The molecule has 0 radical (unpaired) electrons. The van der Waals surface area contributed by atoms with Gasteiger partial charge in [0.1, 0.15) is 0 Å². The van der Waals surface area contributed by atoms with E-state index in [1.165, 1.54) is 0 Å². The average Bonchev–Trinajstić information content (AvgIpc) is 2.15. The van der Waals surface area contributed by atoms with Crippen LogP contribution in [-0.4, -0.2) is 17.5 Å². The number of rotatable bonds is 3. The Kier molecular flexibility index (Phi) is 3.46. The number of benzene rings is 1. The Hall–Kier alpha value is -1.35. The van der Waals surface area contributed by atoms with E-state index in [4.69, 9.17) is 5.21 Å². The quantitative estimate of drug-likeness (QED) is 0.551. The molecule has 2 N–H and O–H groups in total. The molecule has 0 saturated heterocycles. The van der Waals surface area contributed by atoms with Gasteiger partial charge in [-0.05, 0) is 19.9 Å². The lowest BCUT2D eigenvalue weighted by Gasteiger charge is -2.02. The number of aliphatic imine (C=N–C) groups is 1. The molecule has 13 heavy (non-hydrogen) atoms. The molecule has 0 heterocycles. The molecule has 70 valence electrons. The van der Waals surface area contributed by atoms with Crippen LogP contribution in [0.15, 0.2) is 29.3 Å².